The Balaban J connectivity index is 1.68. The van der Waals surface area contributed by atoms with Gasteiger partial charge < -0.3 is 9.88 Å². The van der Waals surface area contributed by atoms with Gasteiger partial charge >= 0.3 is 0 Å². The molecule has 1 atom stereocenters. The summed E-state index contributed by atoms with van der Waals surface area (Å²) in [5.41, 5.74) is 1.79. The summed E-state index contributed by atoms with van der Waals surface area (Å²) in [4.78, 5) is 13.8. The van der Waals surface area contributed by atoms with Crippen molar-refractivity contribution in [2.24, 2.45) is 5.92 Å². The number of anilines is 1. The van der Waals surface area contributed by atoms with E-state index in [0.29, 0.717) is 22.4 Å². The molecule has 6 nitrogen and oxygen atoms in total. The van der Waals surface area contributed by atoms with Gasteiger partial charge in [0.15, 0.2) is 5.16 Å². The van der Waals surface area contributed by atoms with E-state index < -0.39 is 0 Å². The molecule has 1 aliphatic rings. The molecule has 0 bridgehead atoms. The standard InChI is InChI=1S/C20H27N5OS2/c1-5-8-25-18(12(2)3)23-24-20(25)27-11-17(26)22-19-15(10-21)14-7-6-13(4)9-16(14)28-19/h12-13H,5-9,11H2,1-4H3,(H,22,26)/t13-/m0/s1. The Kier molecular flexibility index (Phi) is 6.78. The molecule has 0 aromatic carbocycles. The first-order valence-electron chi connectivity index (χ1n) is 9.84. The van der Waals surface area contributed by atoms with Crippen LogP contribution in [0, 0.1) is 17.2 Å². The van der Waals surface area contributed by atoms with Crippen molar-refractivity contribution in [3.05, 3.63) is 21.8 Å². The first-order chi connectivity index (χ1) is 13.4. The summed E-state index contributed by atoms with van der Waals surface area (Å²) in [5.74, 6) is 2.03. The summed E-state index contributed by atoms with van der Waals surface area (Å²) in [6, 6.07) is 2.30. The maximum Gasteiger partial charge on any atom is 0.235 e. The van der Waals surface area contributed by atoms with E-state index in [1.807, 2.05) is 0 Å². The lowest BCUT2D eigenvalue weighted by Gasteiger charge is -2.17. The van der Waals surface area contributed by atoms with Gasteiger partial charge in [0.1, 0.15) is 16.9 Å². The molecule has 28 heavy (non-hydrogen) atoms. The SMILES string of the molecule is CCCn1c(SCC(=O)Nc2sc3c(c2C#N)CC[C@H](C)C3)nnc1C(C)C. The first-order valence-corrected chi connectivity index (χ1v) is 11.6. The number of aromatic nitrogens is 3. The highest BCUT2D eigenvalue weighted by Crippen LogP contribution is 2.39. The van der Waals surface area contributed by atoms with Crippen LogP contribution in [-0.4, -0.2) is 26.4 Å². The van der Waals surface area contributed by atoms with Crippen LogP contribution in [0.3, 0.4) is 0 Å². The average Bonchev–Trinajstić information content (AvgIpc) is 3.20. The van der Waals surface area contributed by atoms with Crippen LogP contribution in [0.25, 0.3) is 0 Å². The zero-order valence-electron chi connectivity index (χ0n) is 16.9. The lowest BCUT2D eigenvalue weighted by atomic mass is 9.89. The van der Waals surface area contributed by atoms with Gasteiger partial charge in [-0.3, -0.25) is 4.79 Å². The number of nitrogens with one attached hydrogen (secondary N) is 1. The van der Waals surface area contributed by atoms with Crippen molar-refractivity contribution in [1.82, 2.24) is 14.8 Å². The Labute approximate surface area is 174 Å². The van der Waals surface area contributed by atoms with Gasteiger partial charge in [0.2, 0.25) is 5.91 Å². The minimum Gasteiger partial charge on any atom is -0.316 e. The molecule has 0 spiro atoms. The van der Waals surface area contributed by atoms with E-state index >= 15 is 0 Å². The van der Waals surface area contributed by atoms with Gasteiger partial charge in [0.05, 0.1) is 11.3 Å². The van der Waals surface area contributed by atoms with Gasteiger partial charge in [0, 0.05) is 17.3 Å². The Morgan fingerprint density at radius 3 is 2.93 bits per heavy atom. The number of nitriles is 1. The minimum absolute atomic E-state index is 0.106. The number of amides is 1. The molecule has 0 fully saturated rings. The summed E-state index contributed by atoms with van der Waals surface area (Å²) in [6.45, 7) is 9.40. The molecule has 150 valence electrons. The quantitative estimate of drug-likeness (QED) is 0.666. The molecule has 2 heterocycles. The van der Waals surface area contributed by atoms with E-state index in [4.69, 9.17) is 0 Å². The average molecular weight is 418 g/mol. The highest BCUT2D eigenvalue weighted by molar-refractivity contribution is 7.99. The molecule has 1 aliphatic carbocycles. The van der Waals surface area contributed by atoms with Gasteiger partial charge in [-0.25, -0.2) is 0 Å². The molecule has 1 N–H and O–H groups in total. The van der Waals surface area contributed by atoms with Gasteiger partial charge in [-0.1, -0.05) is 39.5 Å². The van der Waals surface area contributed by atoms with Crippen molar-refractivity contribution < 1.29 is 4.79 Å². The van der Waals surface area contributed by atoms with E-state index in [0.717, 1.165) is 48.8 Å². The lowest BCUT2D eigenvalue weighted by Crippen LogP contribution is -2.15. The third kappa shape index (κ3) is 4.41. The smallest absolute Gasteiger partial charge is 0.235 e. The normalized spacial score (nSPS) is 16.1. The molecule has 0 saturated carbocycles. The number of thioether (sulfide) groups is 1. The van der Waals surface area contributed by atoms with E-state index in [1.165, 1.54) is 16.6 Å². The van der Waals surface area contributed by atoms with Crippen LogP contribution >= 0.6 is 23.1 Å². The molecule has 0 radical (unpaired) electrons. The van der Waals surface area contributed by atoms with Crippen molar-refractivity contribution in [1.29, 1.82) is 5.26 Å². The van der Waals surface area contributed by atoms with E-state index in [2.05, 4.69) is 53.8 Å². The molecule has 0 saturated heterocycles. The maximum atomic E-state index is 12.5. The Hall–Kier alpha value is -1.85. The first kappa shape index (κ1) is 20.9. The van der Waals surface area contributed by atoms with E-state index in [1.54, 1.807) is 11.3 Å². The minimum atomic E-state index is -0.106. The fourth-order valence-electron chi connectivity index (χ4n) is 3.52. The Morgan fingerprint density at radius 1 is 1.46 bits per heavy atom. The van der Waals surface area contributed by atoms with Crippen LogP contribution < -0.4 is 5.32 Å². The van der Waals surface area contributed by atoms with Gasteiger partial charge in [-0.15, -0.1) is 21.5 Å². The van der Waals surface area contributed by atoms with Crippen LogP contribution in [-0.2, 0) is 24.2 Å². The topological polar surface area (TPSA) is 83.6 Å². The monoisotopic (exact) mass is 417 g/mol. The largest absolute Gasteiger partial charge is 0.316 e. The Morgan fingerprint density at radius 2 is 2.25 bits per heavy atom. The van der Waals surface area contributed by atoms with Crippen LogP contribution in [0.15, 0.2) is 5.16 Å². The van der Waals surface area contributed by atoms with Gasteiger partial charge in [-0.05, 0) is 37.2 Å². The van der Waals surface area contributed by atoms with Crippen molar-refractivity contribution >= 4 is 34.0 Å². The summed E-state index contributed by atoms with van der Waals surface area (Å²) in [5, 5.41) is 22.6. The third-order valence-corrected chi connectivity index (χ3v) is 7.05. The number of rotatable bonds is 7. The van der Waals surface area contributed by atoms with Crippen LogP contribution in [0.5, 0.6) is 0 Å². The van der Waals surface area contributed by atoms with Crippen molar-refractivity contribution in [2.75, 3.05) is 11.1 Å². The van der Waals surface area contributed by atoms with Crippen LogP contribution in [0.1, 0.15) is 68.3 Å². The number of carbonyl (C=O) groups excluding carboxylic acids is 1. The number of hydrogen-bond donors (Lipinski definition) is 1. The highest BCUT2D eigenvalue weighted by Gasteiger charge is 2.25. The molecule has 1 amide bonds. The number of nitrogens with zero attached hydrogens (tertiary/aromatic N) is 4. The number of thiophene rings is 1. The molecule has 3 rings (SSSR count). The second-order valence-electron chi connectivity index (χ2n) is 7.65. The second-order valence-corrected chi connectivity index (χ2v) is 9.70. The molecular weight excluding hydrogens is 390 g/mol. The molecule has 2 aromatic rings. The van der Waals surface area contributed by atoms with Gasteiger partial charge in [0.25, 0.3) is 0 Å². The molecule has 0 aliphatic heterocycles. The molecular formula is C20H27N5OS2. The number of fused-ring (bicyclic) bond motifs is 1. The highest BCUT2D eigenvalue weighted by atomic mass is 32.2. The number of hydrogen-bond acceptors (Lipinski definition) is 6. The lowest BCUT2D eigenvalue weighted by molar-refractivity contribution is -0.113. The predicted molar refractivity (Wildman–Crippen MR) is 114 cm³/mol. The fraction of sp³-hybridized carbons (Fsp3) is 0.600. The molecule has 0 unspecified atom stereocenters. The molecule has 2 aromatic heterocycles. The van der Waals surface area contributed by atoms with Crippen molar-refractivity contribution in [3.63, 3.8) is 0 Å². The second kappa shape index (κ2) is 9.10. The van der Waals surface area contributed by atoms with E-state index in [-0.39, 0.29) is 11.7 Å². The zero-order valence-corrected chi connectivity index (χ0v) is 18.5. The van der Waals surface area contributed by atoms with Crippen molar-refractivity contribution in [3.8, 4) is 6.07 Å². The summed E-state index contributed by atoms with van der Waals surface area (Å²) in [6.07, 6.45) is 4.02. The summed E-state index contributed by atoms with van der Waals surface area (Å²) < 4.78 is 2.11. The number of carbonyl (C=O) groups is 1. The van der Waals surface area contributed by atoms with Crippen LogP contribution in [0.2, 0.25) is 0 Å². The fourth-order valence-corrected chi connectivity index (χ4v) is 5.67. The summed E-state index contributed by atoms with van der Waals surface area (Å²) >= 11 is 2.96. The summed E-state index contributed by atoms with van der Waals surface area (Å²) in [7, 11) is 0. The predicted octanol–water partition coefficient (Wildman–Crippen LogP) is 4.60. The van der Waals surface area contributed by atoms with Crippen LogP contribution in [0.4, 0.5) is 5.00 Å². The zero-order chi connectivity index (χ0) is 20.3. The van der Waals surface area contributed by atoms with E-state index in [9.17, 15) is 10.1 Å². The van der Waals surface area contributed by atoms with Crippen molar-refractivity contribution in [2.45, 2.75) is 71.0 Å². The maximum absolute atomic E-state index is 12.5. The van der Waals surface area contributed by atoms with Gasteiger partial charge in [-0.2, -0.15) is 5.26 Å². The molecule has 8 heteroatoms. The third-order valence-electron chi connectivity index (χ3n) is 4.92. The Bertz CT molecular complexity index is 893.